The molecule has 20 heavy (non-hydrogen) atoms. The highest BCUT2D eigenvalue weighted by Crippen LogP contribution is 2.29. The van der Waals surface area contributed by atoms with Crippen molar-refractivity contribution >= 4 is 22.4 Å². The van der Waals surface area contributed by atoms with Gasteiger partial charge in [-0.1, -0.05) is 30.3 Å². The second-order valence-electron chi connectivity index (χ2n) is 4.97. The standard InChI is InChI=1S/C15H17N3OS/c16-13(10-6-2-1-3-7-10)14(19)18-15-17-11-8-4-5-9-12(11)20-15/h1-3,6-7,13H,4-5,8-9,16H2,(H,17,18,19). The van der Waals surface area contributed by atoms with Gasteiger partial charge in [-0.2, -0.15) is 0 Å². The van der Waals surface area contributed by atoms with Crippen LogP contribution in [-0.2, 0) is 17.6 Å². The fourth-order valence-corrected chi connectivity index (χ4v) is 3.45. The first kappa shape index (κ1) is 13.3. The predicted molar refractivity (Wildman–Crippen MR) is 80.8 cm³/mol. The van der Waals surface area contributed by atoms with Gasteiger partial charge in [0.05, 0.1) is 5.69 Å². The lowest BCUT2D eigenvalue weighted by Crippen LogP contribution is -2.27. The Hall–Kier alpha value is -1.72. The van der Waals surface area contributed by atoms with E-state index in [-0.39, 0.29) is 5.91 Å². The Kier molecular flexibility index (Phi) is 3.80. The number of hydrogen-bond acceptors (Lipinski definition) is 4. The number of rotatable bonds is 3. The highest BCUT2D eigenvalue weighted by molar-refractivity contribution is 7.15. The van der Waals surface area contributed by atoms with Gasteiger partial charge in [0.15, 0.2) is 5.13 Å². The number of amides is 1. The number of carbonyl (C=O) groups excluding carboxylic acids is 1. The summed E-state index contributed by atoms with van der Waals surface area (Å²) >= 11 is 1.58. The van der Waals surface area contributed by atoms with Crippen LogP contribution in [0.15, 0.2) is 30.3 Å². The summed E-state index contributed by atoms with van der Waals surface area (Å²) in [6.45, 7) is 0. The second-order valence-corrected chi connectivity index (χ2v) is 6.06. The smallest absolute Gasteiger partial charge is 0.247 e. The Morgan fingerprint density at radius 1 is 1.25 bits per heavy atom. The summed E-state index contributed by atoms with van der Waals surface area (Å²) in [6.07, 6.45) is 4.50. The number of thiazole rings is 1. The molecule has 4 nitrogen and oxygen atoms in total. The minimum Gasteiger partial charge on any atom is -0.316 e. The lowest BCUT2D eigenvalue weighted by Gasteiger charge is -2.10. The summed E-state index contributed by atoms with van der Waals surface area (Å²) in [5.74, 6) is -0.206. The Balaban J connectivity index is 1.71. The number of nitrogens with zero attached hydrogens (tertiary/aromatic N) is 1. The second kappa shape index (κ2) is 5.73. The number of fused-ring (bicyclic) bond motifs is 1. The number of hydrogen-bond donors (Lipinski definition) is 2. The summed E-state index contributed by atoms with van der Waals surface area (Å²) < 4.78 is 0. The predicted octanol–water partition coefficient (Wildman–Crippen LogP) is 2.66. The molecule has 0 saturated heterocycles. The first-order chi connectivity index (χ1) is 9.74. The molecular formula is C15H17N3OS. The minimum atomic E-state index is -0.655. The molecule has 1 atom stereocenters. The van der Waals surface area contributed by atoms with Gasteiger partial charge >= 0.3 is 0 Å². The number of aromatic nitrogens is 1. The van der Waals surface area contributed by atoms with Gasteiger partial charge in [-0.3, -0.25) is 4.79 Å². The monoisotopic (exact) mass is 287 g/mol. The molecule has 1 heterocycles. The van der Waals surface area contributed by atoms with Gasteiger partial charge in [0.2, 0.25) is 5.91 Å². The number of nitrogens with two attached hydrogens (primary N) is 1. The highest BCUT2D eigenvalue weighted by Gasteiger charge is 2.19. The molecule has 1 unspecified atom stereocenters. The van der Waals surface area contributed by atoms with Crippen molar-refractivity contribution in [1.29, 1.82) is 0 Å². The number of carbonyl (C=O) groups is 1. The molecule has 1 amide bonds. The first-order valence-electron chi connectivity index (χ1n) is 6.84. The van der Waals surface area contributed by atoms with E-state index in [1.165, 1.54) is 17.7 Å². The van der Waals surface area contributed by atoms with Crippen molar-refractivity contribution in [3.05, 3.63) is 46.5 Å². The topological polar surface area (TPSA) is 68.0 Å². The molecule has 3 N–H and O–H groups in total. The van der Waals surface area contributed by atoms with Crippen molar-refractivity contribution in [1.82, 2.24) is 4.98 Å². The SMILES string of the molecule is NC(C(=O)Nc1nc2c(s1)CCCC2)c1ccccc1. The molecule has 0 spiro atoms. The van der Waals surface area contributed by atoms with Gasteiger partial charge in [-0.25, -0.2) is 4.98 Å². The summed E-state index contributed by atoms with van der Waals surface area (Å²) in [4.78, 5) is 18.0. The Morgan fingerprint density at radius 3 is 2.75 bits per heavy atom. The summed E-state index contributed by atoms with van der Waals surface area (Å²) in [7, 11) is 0. The van der Waals surface area contributed by atoms with Crippen LogP contribution < -0.4 is 11.1 Å². The Morgan fingerprint density at radius 2 is 2.00 bits per heavy atom. The zero-order chi connectivity index (χ0) is 13.9. The van der Waals surface area contributed by atoms with Crippen LogP contribution in [0.5, 0.6) is 0 Å². The average molecular weight is 287 g/mol. The van der Waals surface area contributed by atoms with Crippen molar-refractivity contribution in [3.63, 3.8) is 0 Å². The van der Waals surface area contributed by atoms with Gasteiger partial charge in [0.1, 0.15) is 6.04 Å². The van der Waals surface area contributed by atoms with Crippen LogP contribution >= 0.6 is 11.3 Å². The fourth-order valence-electron chi connectivity index (χ4n) is 2.40. The number of anilines is 1. The summed E-state index contributed by atoms with van der Waals surface area (Å²) in [5, 5.41) is 3.52. The third-order valence-electron chi connectivity index (χ3n) is 3.52. The van der Waals surface area contributed by atoms with E-state index in [1.54, 1.807) is 11.3 Å². The molecule has 0 saturated carbocycles. The number of aryl methyl sites for hydroxylation is 2. The van der Waals surface area contributed by atoms with E-state index in [1.807, 2.05) is 30.3 Å². The zero-order valence-electron chi connectivity index (χ0n) is 11.1. The lowest BCUT2D eigenvalue weighted by molar-refractivity contribution is -0.117. The molecule has 5 heteroatoms. The molecule has 0 aliphatic heterocycles. The maximum Gasteiger partial charge on any atom is 0.247 e. The average Bonchev–Trinajstić information content (AvgIpc) is 2.89. The Labute approximate surface area is 122 Å². The third kappa shape index (κ3) is 2.73. The molecule has 2 aromatic rings. The van der Waals surface area contributed by atoms with Crippen LogP contribution in [0.1, 0.15) is 35.0 Å². The van der Waals surface area contributed by atoms with Gasteiger partial charge < -0.3 is 11.1 Å². The molecule has 3 rings (SSSR count). The maximum atomic E-state index is 12.2. The van der Waals surface area contributed by atoms with Crippen LogP contribution in [0.4, 0.5) is 5.13 Å². The largest absolute Gasteiger partial charge is 0.316 e. The van der Waals surface area contributed by atoms with Crippen molar-refractivity contribution < 1.29 is 4.79 Å². The van der Waals surface area contributed by atoms with E-state index in [4.69, 9.17) is 5.73 Å². The minimum absolute atomic E-state index is 0.206. The Bertz CT molecular complexity index is 585. The molecule has 1 aliphatic rings. The number of benzene rings is 1. The molecule has 0 fully saturated rings. The van der Waals surface area contributed by atoms with Crippen LogP contribution in [-0.4, -0.2) is 10.9 Å². The number of nitrogens with one attached hydrogen (secondary N) is 1. The van der Waals surface area contributed by atoms with E-state index < -0.39 is 6.04 Å². The molecule has 0 bridgehead atoms. The molecule has 1 aliphatic carbocycles. The van der Waals surface area contributed by atoms with Gasteiger partial charge in [-0.15, -0.1) is 11.3 Å². The van der Waals surface area contributed by atoms with E-state index in [9.17, 15) is 4.79 Å². The molecular weight excluding hydrogens is 270 g/mol. The summed E-state index contributed by atoms with van der Waals surface area (Å²) in [5.41, 5.74) is 7.93. The van der Waals surface area contributed by atoms with E-state index in [2.05, 4.69) is 10.3 Å². The molecule has 1 aromatic heterocycles. The van der Waals surface area contributed by atoms with Crippen LogP contribution in [0.25, 0.3) is 0 Å². The zero-order valence-corrected chi connectivity index (χ0v) is 12.0. The van der Waals surface area contributed by atoms with E-state index in [0.717, 1.165) is 24.1 Å². The quantitative estimate of drug-likeness (QED) is 0.912. The molecule has 104 valence electrons. The van der Waals surface area contributed by atoms with Crippen molar-refractivity contribution in [3.8, 4) is 0 Å². The molecule has 1 aromatic carbocycles. The van der Waals surface area contributed by atoms with Gasteiger partial charge in [0, 0.05) is 4.88 Å². The van der Waals surface area contributed by atoms with Crippen molar-refractivity contribution in [2.24, 2.45) is 5.73 Å². The normalized spacial score (nSPS) is 15.4. The van der Waals surface area contributed by atoms with Crippen LogP contribution in [0, 0.1) is 0 Å². The summed E-state index contributed by atoms with van der Waals surface area (Å²) in [6, 6.07) is 8.73. The molecule has 0 radical (unpaired) electrons. The van der Waals surface area contributed by atoms with Crippen molar-refractivity contribution in [2.75, 3.05) is 5.32 Å². The lowest BCUT2D eigenvalue weighted by atomic mass is 10.0. The third-order valence-corrected chi connectivity index (χ3v) is 4.59. The van der Waals surface area contributed by atoms with Gasteiger partial charge in [-0.05, 0) is 31.2 Å². The van der Waals surface area contributed by atoms with Gasteiger partial charge in [0.25, 0.3) is 0 Å². The first-order valence-corrected chi connectivity index (χ1v) is 7.65. The van der Waals surface area contributed by atoms with Crippen LogP contribution in [0.3, 0.4) is 0 Å². The fraction of sp³-hybridized carbons (Fsp3) is 0.333. The maximum absolute atomic E-state index is 12.2. The van der Waals surface area contributed by atoms with E-state index in [0.29, 0.717) is 5.13 Å². The van der Waals surface area contributed by atoms with Crippen LogP contribution in [0.2, 0.25) is 0 Å². The van der Waals surface area contributed by atoms with E-state index >= 15 is 0 Å². The van der Waals surface area contributed by atoms with Crippen molar-refractivity contribution in [2.45, 2.75) is 31.7 Å². The highest BCUT2D eigenvalue weighted by atomic mass is 32.1.